The van der Waals surface area contributed by atoms with Crippen molar-refractivity contribution in [1.82, 2.24) is 9.97 Å². The van der Waals surface area contributed by atoms with Gasteiger partial charge in [0.25, 0.3) is 0 Å². The number of aromatic nitrogens is 2. The van der Waals surface area contributed by atoms with Crippen molar-refractivity contribution in [2.45, 2.75) is 12.8 Å². The average Bonchev–Trinajstić information content (AvgIpc) is 2.71. The van der Waals surface area contributed by atoms with Crippen LogP contribution in [0.5, 0.6) is 5.75 Å². The molecule has 1 aromatic carbocycles. The Bertz CT molecular complexity index is 476. The lowest BCUT2D eigenvalue weighted by atomic mass is 10.1. The van der Waals surface area contributed by atoms with E-state index >= 15 is 0 Å². The molecule has 0 saturated heterocycles. The van der Waals surface area contributed by atoms with Crippen molar-refractivity contribution in [3.05, 3.63) is 35.8 Å². The third-order valence-corrected chi connectivity index (χ3v) is 2.68. The number of alkyl halides is 1. The normalized spacial score (nSPS) is 10.4. The molecule has 84 valence electrons. The maximum Gasteiger partial charge on any atom is 0.121 e. The van der Waals surface area contributed by atoms with Crippen LogP contribution < -0.4 is 4.74 Å². The van der Waals surface area contributed by atoms with E-state index in [9.17, 15) is 0 Å². The van der Waals surface area contributed by atoms with Gasteiger partial charge in [-0.15, -0.1) is 11.6 Å². The number of nitrogens with zero attached hydrogens (tertiary/aromatic N) is 1. The first-order valence-corrected chi connectivity index (χ1v) is 5.54. The van der Waals surface area contributed by atoms with Gasteiger partial charge in [0.15, 0.2) is 0 Å². The quantitative estimate of drug-likeness (QED) is 0.832. The molecule has 0 saturated carbocycles. The standard InChI is InChI=1S/C12H13ClN2O/c1-8-12(15-11(7-13)14-8)9-3-5-10(16-2)6-4-9/h3-6H,7H2,1-2H3,(H,14,15). The predicted octanol–water partition coefficient (Wildman–Crippen LogP) is 3.13. The number of benzene rings is 1. The molecule has 0 unspecified atom stereocenters. The van der Waals surface area contributed by atoms with Crippen LogP contribution in [0, 0.1) is 6.92 Å². The average molecular weight is 237 g/mol. The molecular formula is C12H13ClN2O. The number of nitrogens with one attached hydrogen (secondary N) is 1. The Kier molecular flexibility index (Phi) is 3.15. The van der Waals surface area contributed by atoms with Crippen LogP contribution in [0.2, 0.25) is 0 Å². The van der Waals surface area contributed by atoms with Crippen molar-refractivity contribution in [2.24, 2.45) is 0 Å². The minimum Gasteiger partial charge on any atom is -0.497 e. The van der Waals surface area contributed by atoms with Crippen LogP contribution in [-0.4, -0.2) is 17.1 Å². The van der Waals surface area contributed by atoms with Crippen molar-refractivity contribution >= 4 is 11.6 Å². The Balaban J connectivity index is 2.38. The number of hydrogen-bond acceptors (Lipinski definition) is 2. The van der Waals surface area contributed by atoms with Gasteiger partial charge in [-0.1, -0.05) is 0 Å². The van der Waals surface area contributed by atoms with Crippen LogP contribution in [0.3, 0.4) is 0 Å². The fourth-order valence-corrected chi connectivity index (χ4v) is 1.74. The number of rotatable bonds is 3. The van der Waals surface area contributed by atoms with Gasteiger partial charge in [-0.25, -0.2) is 4.98 Å². The first-order valence-electron chi connectivity index (χ1n) is 5.00. The van der Waals surface area contributed by atoms with Gasteiger partial charge in [0, 0.05) is 11.3 Å². The second-order valence-corrected chi connectivity index (χ2v) is 3.79. The summed E-state index contributed by atoms with van der Waals surface area (Å²) in [5.74, 6) is 2.04. The number of halogens is 1. The summed E-state index contributed by atoms with van der Waals surface area (Å²) >= 11 is 5.73. The van der Waals surface area contributed by atoms with E-state index in [1.54, 1.807) is 7.11 Å². The van der Waals surface area contributed by atoms with Gasteiger partial charge < -0.3 is 9.72 Å². The summed E-state index contributed by atoms with van der Waals surface area (Å²) in [5.41, 5.74) is 3.03. The third-order valence-electron chi connectivity index (χ3n) is 2.42. The largest absolute Gasteiger partial charge is 0.497 e. The van der Waals surface area contributed by atoms with E-state index in [4.69, 9.17) is 16.3 Å². The highest BCUT2D eigenvalue weighted by molar-refractivity contribution is 6.16. The zero-order valence-electron chi connectivity index (χ0n) is 9.25. The number of methoxy groups -OCH3 is 1. The van der Waals surface area contributed by atoms with Crippen LogP contribution >= 0.6 is 11.6 Å². The summed E-state index contributed by atoms with van der Waals surface area (Å²) in [6.45, 7) is 1.99. The van der Waals surface area contributed by atoms with Crippen LogP contribution in [-0.2, 0) is 5.88 Å². The highest BCUT2D eigenvalue weighted by Gasteiger charge is 2.08. The highest BCUT2D eigenvalue weighted by Crippen LogP contribution is 2.23. The third kappa shape index (κ3) is 2.04. The number of ether oxygens (including phenoxy) is 1. The number of imidazole rings is 1. The molecule has 0 aliphatic heterocycles. The fourth-order valence-electron chi connectivity index (χ4n) is 1.62. The summed E-state index contributed by atoms with van der Waals surface area (Å²) in [6, 6.07) is 7.81. The van der Waals surface area contributed by atoms with Crippen molar-refractivity contribution in [3.63, 3.8) is 0 Å². The lowest BCUT2D eigenvalue weighted by Crippen LogP contribution is -1.84. The lowest BCUT2D eigenvalue weighted by Gasteiger charge is -2.01. The molecule has 2 rings (SSSR count). The zero-order valence-corrected chi connectivity index (χ0v) is 10.0. The van der Waals surface area contributed by atoms with E-state index < -0.39 is 0 Å². The molecule has 3 nitrogen and oxygen atoms in total. The molecule has 2 aromatic rings. The first kappa shape index (κ1) is 11.0. The summed E-state index contributed by atoms with van der Waals surface area (Å²) in [4.78, 5) is 7.57. The minimum atomic E-state index is 0.400. The maximum atomic E-state index is 5.73. The van der Waals surface area contributed by atoms with Crippen molar-refractivity contribution < 1.29 is 4.74 Å². The van der Waals surface area contributed by atoms with Gasteiger partial charge >= 0.3 is 0 Å². The molecule has 1 N–H and O–H groups in total. The van der Waals surface area contributed by atoms with Crippen molar-refractivity contribution in [3.8, 4) is 17.0 Å². The number of hydrogen-bond donors (Lipinski definition) is 1. The topological polar surface area (TPSA) is 37.9 Å². The van der Waals surface area contributed by atoms with E-state index in [2.05, 4.69) is 9.97 Å². The SMILES string of the molecule is COc1ccc(-c2nc(CCl)[nH]c2C)cc1. The molecular weight excluding hydrogens is 224 g/mol. The Morgan fingerprint density at radius 2 is 2.00 bits per heavy atom. The molecule has 0 atom stereocenters. The van der Waals surface area contributed by atoms with E-state index in [1.807, 2.05) is 31.2 Å². The van der Waals surface area contributed by atoms with E-state index in [0.29, 0.717) is 5.88 Å². The Morgan fingerprint density at radius 1 is 1.31 bits per heavy atom. The number of aryl methyl sites for hydroxylation is 1. The minimum absolute atomic E-state index is 0.400. The van der Waals surface area contributed by atoms with Crippen molar-refractivity contribution in [1.29, 1.82) is 0 Å². The van der Waals surface area contributed by atoms with Gasteiger partial charge in [0.2, 0.25) is 0 Å². The smallest absolute Gasteiger partial charge is 0.121 e. The van der Waals surface area contributed by atoms with Crippen LogP contribution in [0.25, 0.3) is 11.3 Å². The molecule has 0 radical (unpaired) electrons. The Labute approximate surface area is 99.4 Å². The summed E-state index contributed by atoms with van der Waals surface area (Å²) < 4.78 is 5.11. The van der Waals surface area contributed by atoms with E-state index in [0.717, 1.165) is 28.5 Å². The number of H-pyrrole nitrogens is 1. The van der Waals surface area contributed by atoms with Gasteiger partial charge in [-0.05, 0) is 31.2 Å². The molecule has 0 bridgehead atoms. The molecule has 0 amide bonds. The lowest BCUT2D eigenvalue weighted by molar-refractivity contribution is 0.415. The summed E-state index contributed by atoms with van der Waals surface area (Å²) in [6.07, 6.45) is 0. The van der Waals surface area contributed by atoms with E-state index in [1.165, 1.54) is 0 Å². The van der Waals surface area contributed by atoms with Crippen molar-refractivity contribution in [2.75, 3.05) is 7.11 Å². The van der Waals surface area contributed by atoms with Gasteiger partial charge in [0.1, 0.15) is 11.6 Å². The second-order valence-electron chi connectivity index (χ2n) is 3.52. The first-order chi connectivity index (χ1) is 7.74. The summed E-state index contributed by atoms with van der Waals surface area (Å²) in [5, 5.41) is 0. The van der Waals surface area contributed by atoms with Crippen LogP contribution in [0.1, 0.15) is 11.5 Å². The molecule has 1 aromatic heterocycles. The molecule has 16 heavy (non-hydrogen) atoms. The van der Waals surface area contributed by atoms with Crippen LogP contribution in [0.4, 0.5) is 0 Å². The second kappa shape index (κ2) is 4.58. The summed E-state index contributed by atoms with van der Waals surface area (Å²) in [7, 11) is 1.65. The molecule has 0 aliphatic carbocycles. The zero-order chi connectivity index (χ0) is 11.5. The molecule has 1 heterocycles. The van der Waals surface area contributed by atoms with Gasteiger partial charge in [-0.3, -0.25) is 0 Å². The van der Waals surface area contributed by atoms with Crippen LogP contribution in [0.15, 0.2) is 24.3 Å². The van der Waals surface area contributed by atoms with E-state index in [-0.39, 0.29) is 0 Å². The fraction of sp³-hybridized carbons (Fsp3) is 0.250. The van der Waals surface area contributed by atoms with Gasteiger partial charge in [0.05, 0.1) is 18.7 Å². The highest BCUT2D eigenvalue weighted by atomic mass is 35.5. The Morgan fingerprint density at radius 3 is 2.50 bits per heavy atom. The van der Waals surface area contributed by atoms with Gasteiger partial charge in [-0.2, -0.15) is 0 Å². The molecule has 4 heteroatoms. The Hall–Kier alpha value is -1.48. The molecule has 0 spiro atoms. The number of aromatic amines is 1. The maximum absolute atomic E-state index is 5.73. The molecule has 0 aliphatic rings. The predicted molar refractivity (Wildman–Crippen MR) is 64.9 cm³/mol. The monoisotopic (exact) mass is 236 g/mol. The molecule has 0 fully saturated rings.